The van der Waals surface area contributed by atoms with Crippen LogP contribution in [0.15, 0.2) is 145 Å². The molecule has 1 unspecified atom stereocenters. The van der Waals surface area contributed by atoms with Crippen LogP contribution in [0.4, 0.5) is 28.4 Å². The minimum Gasteiger partial charge on any atom is -0.462 e. The topological polar surface area (TPSA) is 120 Å². The van der Waals surface area contributed by atoms with Gasteiger partial charge in [0, 0.05) is 30.3 Å². The van der Waals surface area contributed by atoms with Gasteiger partial charge in [0.1, 0.15) is 22.9 Å². The zero-order valence-corrected chi connectivity index (χ0v) is 24.0. The van der Waals surface area contributed by atoms with Crippen LogP contribution in [0.1, 0.15) is 6.42 Å². The molecular weight excluding hydrogens is 568 g/mol. The lowest BCUT2D eigenvalue weighted by atomic mass is 10.0. The van der Waals surface area contributed by atoms with Gasteiger partial charge in [-0.05, 0) is 52.6 Å². The Morgan fingerprint density at radius 2 is 1.24 bits per heavy atom. The molecule has 1 aliphatic carbocycles. The van der Waals surface area contributed by atoms with Crippen molar-refractivity contribution >= 4 is 28.4 Å². The van der Waals surface area contributed by atoms with E-state index in [1.165, 1.54) is 0 Å². The highest BCUT2D eigenvalue weighted by molar-refractivity contribution is 5.77. The molecule has 45 heavy (non-hydrogen) atoms. The number of ether oxygens (including phenoxy) is 1. The van der Waals surface area contributed by atoms with Crippen molar-refractivity contribution in [3.05, 3.63) is 166 Å². The normalized spacial score (nSPS) is 13.9. The molecular formula is C36H28N4O5. The highest BCUT2D eigenvalue weighted by atomic mass is 16.6. The molecule has 222 valence electrons. The number of nitrogens with zero attached hydrogens (tertiary/aromatic N) is 2. The Balaban J connectivity index is 1.14. The van der Waals surface area contributed by atoms with E-state index in [9.17, 15) is 20.2 Å². The molecule has 2 N–H and O–H groups in total. The molecule has 0 radical (unpaired) electrons. The van der Waals surface area contributed by atoms with E-state index in [0.29, 0.717) is 35.0 Å². The van der Waals surface area contributed by atoms with Crippen LogP contribution in [-0.4, -0.2) is 15.9 Å². The molecule has 6 rings (SSSR count). The van der Waals surface area contributed by atoms with E-state index in [0.717, 1.165) is 22.3 Å². The van der Waals surface area contributed by atoms with Gasteiger partial charge in [-0.3, -0.25) is 20.2 Å². The van der Waals surface area contributed by atoms with Crippen molar-refractivity contribution in [1.29, 1.82) is 0 Å². The van der Waals surface area contributed by atoms with E-state index in [2.05, 4.69) is 10.6 Å². The number of nitro benzene ring substituents is 2. The van der Waals surface area contributed by atoms with Gasteiger partial charge in [-0.1, -0.05) is 91.0 Å². The predicted octanol–water partition coefficient (Wildman–Crippen LogP) is 9.28. The van der Waals surface area contributed by atoms with Crippen molar-refractivity contribution < 1.29 is 14.6 Å². The van der Waals surface area contributed by atoms with Gasteiger partial charge in [0.15, 0.2) is 0 Å². The largest absolute Gasteiger partial charge is 0.462 e. The molecule has 0 amide bonds. The fourth-order valence-electron chi connectivity index (χ4n) is 5.18. The maximum absolute atomic E-state index is 11.9. The average molecular weight is 597 g/mol. The third-order valence-corrected chi connectivity index (χ3v) is 7.35. The molecule has 1 aliphatic rings. The Morgan fingerprint density at radius 3 is 1.87 bits per heavy atom. The highest BCUT2D eigenvalue weighted by Crippen LogP contribution is 2.35. The van der Waals surface area contributed by atoms with Crippen LogP contribution in [0.25, 0.3) is 22.3 Å². The van der Waals surface area contributed by atoms with Crippen molar-refractivity contribution in [2.75, 3.05) is 10.6 Å². The van der Waals surface area contributed by atoms with E-state index in [4.69, 9.17) is 4.74 Å². The fourth-order valence-corrected chi connectivity index (χ4v) is 5.18. The van der Waals surface area contributed by atoms with E-state index < -0.39 is 4.92 Å². The van der Waals surface area contributed by atoms with Gasteiger partial charge in [0.05, 0.1) is 15.9 Å². The molecule has 9 heteroatoms. The summed E-state index contributed by atoms with van der Waals surface area (Å²) < 4.78 is 6.17. The zero-order valence-electron chi connectivity index (χ0n) is 24.0. The highest BCUT2D eigenvalue weighted by Gasteiger charge is 2.21. The number of hydrogen-bond donors (Lipinski definition) is 2. The first-order chi connectivity index (χ1) is 21.9. The summed E-state index contributed by atoms with van der Waals surface area (Å²) in [5.41, 5.74) is 4.67. The van der Waals surface area contributed by atoms with Crippen LogP contribution in [0.2, 0.25) is 0 Å². The fraction of sp³-hybridized carbons (Fsp3) is 0.0556. The van der Waals surface area contributed by atoms with Crippen molar-refractivity contribution in [3.8, 4) is 28.0 Å². The standard InChI is InChI=1S/C36H28N4O5/c41-39(42)35-21-27(25-9-3-1-4-10-25)17-19-33(35)37-29-13-7-15-31(23-29)45-32-16-8-14-30(24-32)38-34-20-18-28(22-36(34)40(43)44)26-11-5-2-6-12-26/h1-23,30,37-38H,24H2. The van der Waals surface area contributed by atoms with Crippen molar-refractivity contribution in [3.63, 3.8) is 0 Å². The summed E-state index contributed by atoms with van der Waals surface area (Å²) in [4.78, 5) is 23.1. The average Bonchev–Trinajstić information content (AvgIpc) is 3.06. The van der Waals surface area contributed by atoms with Gasteiger partial charge in [-0.2, -0.15) is 0 Å². The van der Waals surface area contributed by atoms with E-state index in [1.54, 1.807) is 48.5 Å². The van der Waals surface area contributed by atoms with Crippen LogP contribution < -0.4 is 15.4 Å². The summed E-state index contributed by atoms with van der Waals surface area (Å²) in [6, 6.07) is 36.2. The van der Waals surface area contributed by atoms with E-state index in [-0.39, 0.29) is 22.3 Å². The molecule has 0 heterocycles. The monoisotopic (exact) mass is 596 g/mol. The molecule has 0 aromatic heterocycles. The second-order valence-corrected chi connectivity index (χ2v) is 10.4. The first-order valence-electron chi connectivity index (χ1n) is 14.3. The Morgan fingerprint density at radius 1 is 0.644 bits per heavy atom. The van der Waals surface area contributed by atoms with Crippen LogP contribution in [0.3, 0.4) is 0 Å². The first-order valence-corrected chi connectivity index (χ1v) is 14.3. The summed E-state index contributed by atoms with van der Waals surface area (Å²) in [7, 11) is 0. The molecule has 0 saturated carbocycles. The van der Waals surface area contributed by atoms with Gasteiger partial charge < -0.3 is 15.4 Å². The second kappa shape index (κ2) is 13.0. The predicted molar refractivity (Wildman–Crippen MR) is 177 cm³/mol. The van der Waals surface area contributed by atoms with Crippen LogP contribution in [0, 0.1) is 20.2 Å². The van der Waals surface area contributed by atoms with Crippen LogP contribution in [-0.2, 0) is 0 Å². The summed E-state index contributed by atoms with van der Waals surface area (Å²) in [6.45, 7) is 0. The Kier molecular flexibility index (Phi) is 8.32. The SMILES string of the molecule is O=[N+]([O-])c1cc(-c2ccccc2)ccc1Nc1cccc(OC2=CC=CC(Nc3ccc(-c4ccccc4)cc3[N+](=O)[O-])C2)c1. The lowest BCUT2D eigenvalue weighted by molar-refractivity contribution is -0.384. The maximum atomic E-state index is 11.9. The minimum absolute atomic E-state index is 0.00792. The summed E-state index contributed by atoms with van der Waals surface area (Å²) in [5, 5.41) is 30.3. The number of nitrogens with one attached hydrogen (secondary N) is 2. The molecule has 1 atom stereocenters. The molecule has 0 spiro atoms. The molecule has 5 aromatic rings. The van der Waals surface area contributed by atoms with Crippen molar-refractivity contribution in [1.82, 2.24) is 0 Å². The van der Waals surface area contributed by atoms with Gasteiger partial charge in [-0.15, -0.1) is 0 Å². The Labute approximate surface area is 259 Å². The lowest BCUT2D eigenvalue weighted by Crippen LogP contribution is -2.21. The number of rotatable bonds is 10. The van der Waals surface area contributed by atoms with Crippen molar-refractivity contribution in [2.45, 2.75) is 12.5 Å². The van der Waals surface area contributed by atoms with Gasteiger partial charge in [0.2, 0.25) is 0 Å². The lowest BCUT2D eigenvalue weighted by Gasteiger charge is -2.21. The quantitative estimate of drug-likeness (QED) is 0.122. The summed E-state index contributed by atoms with van der Waals surface area (Å²) in [6.07, 6.45) is 6.08. The smallest absolute Gasteiger partial charge is 0.293 e. The number of hydrogen-bond acceptors (Lipinski definition) is 7. The molecule has 0 bridgehead atoms. The number of nitro groups is 2. The minimum atomic E-state index is -0.402. The van der Waals surface area contributed by atoms with E-state index in [1.807, 2.05) is 91.0 Å². The molecule has 0 aliphatic heterocycles. The maximum Gasteiger partial charge on any atom is 0.293 e. The Bertz CT molecular complexity index is 1920. The first kappa shape index (κ1) is 28.9. The van der Waals surface area contributed by atoms with Gasteiger partial charge >= 0.3 is 0 Å². The number of allylic oxidation sites excluding steroid dienone is 2. The van der Waals surface area contributed by atoms with Gasteiger partial charge in [0.25, 0.3) is 11.4 Å². The number of benzene rings is 5. The third kappa shape index (κ3) is 6.89. The Hall–Kier alpha value is -6.22. The van der Waals surface area contributed by atoms with Crippen LogP contribution in [0.5, 0.6) is 5.75 Å². The molecule has 5 aromatic carbocycles. The second-order valence-electron chi connectivity index (χ2n) is 10.4. The zero-order chi connectivity index (χ0) is 31.2. The molecule has 9 nitrogen and oxygen atoms in total. The van der Waals surface area contributed by atoms with Crippen molar-refractivity contribution in [2.24, 2.45) is 0 Å². The van der Waals surface area contributed by atoms with E-state index >= 15 is 0 Å². The number of anilines is 3. The summed E-state index contributed by atoms with van der Waals surface area (Å²) in [5.74, 6) is 1.20. The van der Waals surface area contributed by atoms with Gasteiger partial charge in [-0.25, -0.2) is 0 Å². The van der Waals surface area contributed by atoms with Crippen LogP contribution >= 0.6 is 0 Å². The molecule has 0 saturated heterocycles. The summed E-state index contributed by atoms with van der Waals surface area (Å²) >= 11 is 0. The third-order valence-electron chi connectivity index (χ3n) is 7.35. The molecule has 0 fully saturated rings.